The highest BCUT2D eigenvalue weighted by molar-refractivity contribution is 6.05. The van der Waals surface area contributed by atoms with Crippen LogP contribution in [0.2, 0.25) is 0 Å². The maximum Gasteiger partial charge on any atom is 0.403 e. The first kappa shape index (κ1) is 35.7. The minimum Gasteiger partial charge on any atom is -0.480 e. The van der Waals surface area contributed by atoms with Gasteiger partial charge in [0.15, 0.2) is 0 Å². The fraction of sp³-hybridized carbons (Fsp3) is 0.447. The number of carbonyl (C=O) groups is 2. The lowest BCUT2D eigenvalue weighted by atomic mass is 9.76. The fourth-order valence-electron chi connectivity index (χ4n) is 7.80. The average Bonchev–Trinajstić information content (AvgIpc) is 3.54. The van der Waals surface area contributed by atoms with Crippen LogP contribution in [0.1, 0.15) is 50.2 Å². The number of nitrogens with zero attached hydrogens (tertiary/aromatic N) is 3. The van der Waals surface area contributed by atoms with Crippen LogP contribution in [-0.4, -0.2) is 82.6 Å². The van der Waals surface area contributed by atoms with E-state index in [-0.39, 0.29) is 19.5 Å². The zero-order chi connectivity index (χ0) is 35.6. The molecule has 2 fully saturated rings. The van der Waals surface area contributed by atoms with Gasteiger partial charge in [0, 0.05) is 36.2 Å². The van der Waals surface area contributed by atoms with Crippen molar-refractivity contribution in [3.8, 4) is 11.3 Å². The number of alkyl halides is 5. The van der Waals surface area contributed by atoms with Gasteiger partial charge in [-0.2, -0.15) is 13.2 Å². The number of carboxylic acid groups (broad SMARTS) is 1. The van der Waals surface area contributed by atoms with Crippen molar-refractivity contribution in [2.75, 3.05) is 26.2 Å². The van der Waals surface area contributed by atoms with Gasteiger partial charge in [-0.05, 0) is 79.0 Å². The quantitative estimate of drug-likeness (QED) is 0.159. The molecule has 1 amide bonds. The second kappa shape index (κ2) is 14.6. The number of likely N-dealkylation sites (tertiary alicyclic amines) is 2. The summed E-state index contributed by atoms with van der Waals surface area (Å²) in [6.07, 6.45) is -4.07. The molecular formula is C38H41F5N4O3. The number of piperidine rings is 1. The van der Waals surface area contributed by atoms with Gasteiger partial charge in [0.25, 0.3) is 6.43 Å². The molecule has 2 aliphatic rings. The number of hydrogen-bond donors (Lipinski definition) is 2. The first-order valence-electron chi connectivity index (χ1n) is 17.1. The normalized spacial score (nSPS) is 19.3. The third-order valence-corrected chi connectivity index (χ3v) is 10.6. The Morgan fingerprint density at radius 3 is 2.28 bits per heavy atom. The van der Waals surface area contributed by atoms with E-state index in [4.69, 9.17) is 4.98 Å². The molecule has 50 heavy (non-hydrogen) atoms. The molecule has 0 aliphatic carbocycles. The number of benzene rings is 3. The summed E-state index contributed by atoms with van der Waals surface area (Å²) in [5.41, 5.74) is 0.375. The van der Waals surface area contributed by atoms with Gasteiger partial charge in [-0.3, -0.25) is 19.6 Å². The molecule has 2 aliphatic heterocycles. The van der Waals surface area contributed by atoms with Gasteiger partial charge in [-0.15, -0.1) is 0 Å². The fourth-order valence-corrected chi connectivity index (χ4v) is 7.80. The molecule has 0 spiro atoms. The number of hydrogen-bond acceptors (Lipinski definition) is 5. The van der Waals surface area contributed by atoms with E-state index in [1.165, 1.54) is 17.7 Å². The van der Waals surface area contributed by atoms with Gasteiger partial charge in [0.2, 0.25) is 5.91 Å². The molecule has 12 heteroatoms. The molecule has 2 N–H and O–H groups in total. The van der Waals surface area contributed by atoms with E-state index in [0.29, 0.717) is 17.0 Å². The first-order valence-corrected chi connectivity index (χ1v) is 17.1. The van der Waals surface area contributed by atoms with Crippen molar-refractivity contribution in [2.45, 2.75) is 76.7 Å². The Bertz CT molecular complexity index is 1860. The third kappa shape index (κ3) is 7.05. The van der Waals surface area contributed by atoms with Crippen molar-refractivity contribution in [3.63, 3.8) is 0 Å². The van der Waals surface area contributed by atoms with Gasteiger partial charge >= 0.3 is 12.1 Å². The van der Waals surface area contributed by atoms with Crippen molar-refractivity contribution in [1.29, 1.82) is 0 Å². The van der Waals surface area contributed by atoms with E-state index in [1.54, 1.807) is 12.1 Å². The lowest BCUT2D eigenvalue weighted by Gasteiger charge is -2.41. The predicted molar refractivity (Wildman–Crippen MR) is 182 cm³/mol. The number of pyridine rings is 1. The Morgan fingerprint density at radius 1 is 0.940 bits per heavy atom. The SMILES string of the molecule is CC[C@H]1CCCN1Cc1cnc(-c2cccc3c(C[C@H](NC(=O)C4(C(F)(F)F)CCN(CC(F)F)CC4)C(=O)O)cccc23)c2ccccc12. The van der Waals surface area contributed by atoms with Crippen LogP contribution >= 0.6 is 0 Å². The highest BCUT2D eigenvalue weighted by Crippen LogP contribution is 2.47. The maximum atomic E-state index is 14.4. The second-order valence-electron chi connectivity index (χ2n) is 13.5. The van der Waals surface area contributed by atoms with E-state index in [0.717, 1.165) is 52.5 Å². The molecule has 2 atom stereocenters. The van der Waals surface area contributed by atoms with E-state index >= 15 is 0 Å². The monoisotopic (exact) mass is 696 g/mol. The number of carbonyl (C=O) groups excluding carboxylic acids is 1. The number of aliphatic carboxylic acids is 1. The molecule has 7 nitrogen and oxygen atoms in total. The summed E-state index contributed by atoms with van der Waals surface area (Å²) in [6, 6.07) is 17.9. The molecule has 2 saturated heterocycles. The van der Waals surface area contributed by atoms with E-state index in [9.17, 15) is 36.6 Å². The van der Waals surface area contributed by atoms with Gasteiger partial charge < -0.3 is 10.4 Å². The number of amides is 1. The summed E-state index contributed by atoms with van der Waals surface area (Å²) in [5, 5.41) is 15.8. The molecule has 1 aromatic heterocycles. The van der Waals surface area contributed by atoms with Crippen LogP contribution < -0.4 is 5.32 Å². The molecular weight excluding hydrogens is 655 g/mol. The van der Waals surface area contributed by atoms with Crippen LogP contribution in [0, 0.1) is 5.41 Å². The van der Waals surface area contributed by atoms with E-state index < -0.39 is 55.3 Å². The van der Waals surface area contributed by atoms with Crippen molar-refractivity contribution in [3.05, 3.63) is 78.0 Å². The lowest BCUT2D eigenvalue weighted by molar-refractivity contribution is -0.233. The Morgan fingerprint density at radius 2 is 1.60 bits per heavy atom. The molecule has 266 valence electrons. The smallest absolute Gasteiger partial charge is 0.403 e. The number of rotatable bonds is 11. The summed E-state index contributed by atoms with van der Waals surface area (Å²) >= 11 is 0. The number of nitrogens with one attached hydrogen (secondary N) is 1. The second-order valence-corrected chi connectivity index (χ2v) is 13.5. The molecule has 0 bridgehead atoms. The van der Waals surface area contributed by atoms with Gasteiger partial charge in [-0.25, -0.2) is 13.6 Å². The zero-order valence-corrected chi connectivity index (χ0v) is 27.9. The zero-order valence-electron chi connectivity index (χ0n) is 27.9. The summed E-state index contributed by atoms with van der Waals surface area (Å²) in [7, 11) is 0. The molecule has 0 radical (unpaired) electrons. The number of carboxylic acids is 1. The maximum absolute atomic E-state index is 14.4. The third-order valence-electron chi connectivity index (χ3n) is 10.6. The van der Waals surface area contributed by atoms with Crippen molar-refractivity contribution < 1.29 is 36.6 Å². The van der Waals surface area contributed by atoms with Crippen LogP contribution in [0.25, 0.3) is 32.8 Å². The molecule has 0 unspecified atom stereocenters. The van der Waals surface area contributed by atoms with E-state index in [1.807, 2.05) is 48.7 Å². The van der Waals surface area contributed by atoms with Crippen LogP contribution in [0.15, 0.2) is 66.9 Å². The van der Waals surface area contributed by atoms with Gasteiger partial charge in [-0.1, -0.05) is 67.6 Å². The highest BCUT2D eigenvalue weighted by atomic mass is 19.4. The Balaban J connectivity index is 1.29. The molecule has 0 saturated carbocycles. The summed E-state index contributed by atoms with van der Waals surface area (Å²) in [6.45, 7) is 2.66. The Labute approximate surface area is 287 Å². The molecule has 6 rings (SSSR count). The minimum atomic E-state index is -5.00. The number of aromatic nitrogens is 1. The number of fused-ring (bicyclic) bond motifs is 2. The van der Waals surface area contributed by atoms with Crippen LogP contribution in [0.4, 0.5) is 22.0 Å². The van der Waals surface area contributed by atoms with Gasteiger partial charge in [0.05, 0.1) is 12.2 Å². The highest BCUT2D eigenvalue weighted by Gasteiger charge is 2.61. The summed E-state index contributed by atoms with van der Waals surface area (Å²) in [4.78, 5) is 34.4. The van der Waals surface area contributed by atoms with Gasteiger partial charge in [0.1, 0.15) is 11.5 Å². The van der Waals surface area contributed by atoms with Crippen LogP contribution in [-0.2, 0) is 22.6 Å². The summed E-state index contributed by atoms with van der Waals surface area (Å²) < 4.78 is 69.0. The average molecular weight is 697 g/mol. The molecule has 3 aromatic carbocycles. The summed E-state index contributed by atoms with van der Waals surface area (Å²) in [5.74, 6) is -2.93. The lowest BCUT2D eigenvalue weighted by Crippen LogP contribution is -2.59. The topological polar surface area (TPSA) is 85.8 Å². The van der Waals surface area contributed by atoms with Crippen molar-refractivity contribution >= 4 is 33.4 Å². The predicted octanol–water partition coefficient (Wildman–Crippen LogP) is 7.45. The van der Waals surface area contributed by atoms with E-state index in [2.05, 4.69) is 23.2 Å². The van der Waals surface area contributed by atoms with Crippen LogP contribution in [0.3, 0.4) is 0 Å². The minimum absolute atomic E-state index is 0.269. The molecule has 4 aromatic rings. The van der Waals surface area contributed by atoms with Crippen LogP contribution in [0.5, 0.6) is 0 Å². The molecule has 3 heterocycles. The number of halogens is 5. The van der Waals surface area contributed by atoms with Crippen molar-refractivity contribution in [2.24, 2.45) is 5.41 Å². The Kier molecular flexibility index (Phi) is 10.4. The van der Waals surface area contributed by atoms with Crippen molar-refractivity contribution in [1.82, 2.24) is 20.1 Å². The standard InChI is InChI=1S/C38H41F5N4O3/c1-2-26-9-7-17-47(26)22-25-21-44-34(30-11-4-3-10-28(25)30)31-14-6-12-27-24(8-5-13-29(27)31)20-32(35(48)49)45-36(50)37(38(41,42)43)15-18-46(19-16-37)23-33(39)40/h3-6,8,10-14,21,26,32-33H,2,7,9,15-20,22-23H2,1H3,(H,45,50)(H,48,49)/t26-,32-/m0/s1. The Hall–Kier alpha value is -4.16. The largest absolute Gasteiger partial charge is 0.480 e. The first-order chi connectivity index (χ1) is 23.9.